The summed E-state index contributed by atoms with van der Waals surface area (Å²) in [7, 11) is 2.07. The van der Waals surface area contributed by atoms with Gasteiger partial charge in [-0.1, -0.05) is 6.07 Å². The minimum Gasteiger partial charge on any atom is -0.336 e. The van der Waals surface area contributed by atoms with Crippen LogP contribution in [0.4, 0.5) is 0 Å². The number of nitrogens with zero attached hydrogens (tertiary/aromatic N) is 2. The van der Waals surface area contributed by atoms with E-state index in [9.17, 15) is 0 Å². The summed E-state index contributed by atoms with van der Waals surface area (Å²) >= 11 is 3.87. The van der Waals surface area contributed by atoms with Crippen LogP contribution >= 0.6 is 23.1 Å². The number of aromatic nitrogens is 2. The van der Waals surface area contributed by atoms with Crippen LogP contribution in [0.3, 0.4) is 0 Å². The number of rotatable bonds is 4. The summed E-state index contributed by atoms with van der Waals surface area (Å²) in [6.07, 6.45) is 6.43. The zero-order valence-corrected chi connectivity index (χ0v) is 12.7. The molecule has 1 unspecified atom stereocenters. The van der Waals surface area contributed by atoms with Crippen LogP contribution in [0.2, 0.25) is 0 Å². The van der Waals surface area contributed by atoms with Crippen LogP contribution in [0.1, 0.15) is 29.6 Å². The van der Waals surface area contributed by atoms with Gasteiger partial charge in [0.25, 0.3) is 0 Å². The monoisotopic (exact) mass is 293 g/mol. The summed E-state index contributed by atoms with van der Waals surface area (Å²) < 4.78 is 2.12. The van der Waals surface area contributed by atoms with E-state index < -0.39 is 0 Å². The van der Waals surface area contributed by atoms with E-state index in [0.29, 0.717) is 6.04 Å². The third-order valence-electron chi connectivity index (χ3n) is 3.57. The van der Waals surface area contributed by atoms with E-state index in [1.165, 1.54) is 29.2 Å². The number of imidazole rings is 1. The molecule has 2 aromatic heterocycles. The molecule has 0 aromatic carbocycles. The Morgan fingerprint density at radius 3 is 2.89 bits per heavy atom. The summed E-state index contributed by atoms with van der Waals surface area (Å²) in [4.78, 5) is 5.89. The Bertz CT molecular complexity index is 501. The van der Waals surface area contributed by atoms with Crippen molar-refractivity contribution >= 4 is 23.1 Å². The van der Waals surface area contributed by atoms with Crippen LogP contribution < -0.4 is 5.32 Å². The lowest BCUT2D eigenvalue weighted by Gasteiger charge is -2.27. The summed E-state index contributed by atoms with van der Waals surface area (Å²) in [6, 6.07) is 5.17. The maximum absolute atomic E-state index is 4.54. The lowest BCUT2D eigenvalue weighted by molar-refractivity contribution is 0.433. The van der Waals surface area contributed by atoms with Gasteiger partial charge in [-0.25, -0.2) is 4.98 Å². The maximum Gasteiger partial charge on any atom is 0.131 e. The van der Waals surface area contributed by atoms with E-state index in [4.69, 9.17) is 0 Å². The molecule has 0 radical (unpaired) electrons. The molecule has 0 saturated carbocycles. The molecule has 1 atom stereocenters. The van der Waals surface area contributed by atoms with Crippen LogP contribution in [-0.2, 0) is 7.05 Å². The molecule has 1 N–H and O–H groups in total. The lowest BCUT2D eigenvalue weighted by Crippen LogP contribution is -2.36. The quantitative estimate of drug-likeness (QED) is 0.939. The average Bonchev–Trinajstić information content (AvgIpc) is 3.09. The first-order valence-electron chi connectivity index (χ1n) is 6.69. The summed E-state index contributed by atoms with van der Waals surface area (Å²) in [5.74, 6) is 3.66. The van der Waals surface area contributed by atoms with Crippen molar-refractivity contribution in [1.82, 2.24) is 14.9 Å². The third kappa shape index (κ3) is 3.04. The molecule has 102 valence electrons. The SMILES string of the molecule is Cn1ccnc1C(NC1CCSCC1)c1cccs1. The first-order chi connectivity index (χ1) is 9.34. The van der Waals surface area contributed by atoms with E-state index >= 15 is 0 Å². The largest absolute Gasteiger partial charge is 0.336 e. The standard InChI is InChI=1S/C14H19N3S2/c1-17-7-6-15-14(17)13(12-3-2-8-19-12)16-11-4-9-18-10-5-11/h2-3,6-8,11,13,16H,4-5,9-10H2,1H3. The van der Waals surface area contributed by atoms with Crippen molar-refractivity contribution in [2.45, 2.75) is 24.9 Å². The smallest absolute Gasteiger partial charge is 0.131 e. The van der Waals surface area contributed by atoms with E-state index in [2.05, 4.69) is 51.2 Å². The Morgan fingerprint density at radius 2 is 2.26 bits per heavy atom. The van der Waals surface area contributed by atoms with Crippen molar-refractivity contribution < 1.29 is 0 Å². The van der Waals surface area contributed by atoms with Gasteiger partial charge in [0.15, 0.2) is 0 Å². The molecule has 3 rings (SSSR count). The number of nitrogens with one attached hydrogen (secondary N) is 1. The number of hydrogen-bond donors (Lipinski definition) is 1. The van der Waals surface area contributed by atoms with Crippen molar-refractivity contribution in [3.63, 3.8) is 0 Å². The molecule has 0 spiro atoms. The van der Waals surface area contributed by atoms with Gasteiger partial charge in [-0.3, -0.25) is 0 Å². The number of hydrogen-bond acceptors (Lipinski definition) is 4. The molecule has 2 aromatic rings. The number of aryl methyl sites for hydroxylation is 1. The van der Waals surface area contributed by atoms with Crippen molar-refractivity contribution in [2.24, 2.45) is 7.05 Å². The molecule has 1 aliphatic heterocycles. The lowest BCUT2D eigenvalue weighted by atomic mass is 10.1. The molecular formula is C14H19N3S2. The molecular weight excluding hydrogens is 274 g/mol. The first-order valence-corrected chi connectivity index (χ1v) is 8.72. The summed E-state index contributed by atoms with van der Waals surface area (Å²) in [6.45, 7) is 0. The fraction of sp³-hybridized carbons (Fsp3) is 0.500. The molecule has 19 heavy (non-hydrogen) atoms. The van der Waals surface area contributed by atoms with Gasteiger partial charge in [0.1, 0.15) is 11.9 Å². The fourth-order valence-electron chi connectivity index (χ4n) is 2.49. The molecule has 0 aliphatic carbocycles. The molecule has 0 amide bonds. The molecule has 3 heterocycles. The molecule has 1 saturated heterocycles. The zero-order chi connectivity index (χ0) is 13.1. The highest BCUT2D eigenvalue weighted by atomic mass is 32.2. The van der Waals surface area contributed by atoms with Gasteiger partial charge in [0.05, 0.1) is 0 Å². The molecule has 0 bridgehead atoms. The highest BCUT2D eigenvalue weighted by molar-refractivity contribution is 7.99. The molecule has 5 heteroatoms. The highest BCUT2D eigenvalue weighted by Gasteiger charge is 2.23. The van der Waals surface area contributed by atoms with Crippen LogP contribution in [-0.4, -0.2) is 27.1 Å². The maximum atomic E-state index is 4.54. The van der Waals surface area contributed by atoms with Gasteiger partial charge in [-0.05, 0) is 35.8 Å². The highest BCUT2D eigenvalue weighted by Crippen LogP contribution is 2.27. The van der Waals surface area contributed by atoms with Crippen LogP contribution in [0.25, 0.3) is 0 Å². The zero-order valence-electron chi connectivity index (χ0n) is 11.1. The first kappa shape index (κ1) is 13.2. The van der Waals surface area contributed by atoms with E-state index in [0.717, 1.165) is 5.82 Å². The summed E-state index contributed by atoms with van der Waals surface area (Å²) in [5, 5.41) is 5.96. The van der Waals surface area contributed by atoms with Gasteiger partial charge in [-0.2, -0.15) is 11.8 Å². The second-order valence-corrected chi connectivity index (χ2v) is 7.10. The van der Waals surface area contributed by atoms with Gasteiger partial charge in [0.2, 0.25) is 0 Å². The van der Waals surface area contributed by atoms with Gasteiger partial charge in [0, 0.05) is 30.4 Å². The Kier molecular flexibility index (Phi) is 4.25. The topological polar surface area (TPSA) is 29.9 Å². The van der Waals surface area contributed by atoms with Crippen LogP contribution in [0.5, 0.6) is 0 Å². The van der Waals surface area contributed by atoms with E-state index in [1.807, 2.05) is 12.4 Å². The van der Waals surface area contributed by atoms with Gasteiger partial charge >= 0.3 is 0 Å². The van der Waals surface area contributed by atoms with Crippen LogP contribution in [0, 0.1) is 0 Å². The Morgan fingerprint density at radius 1 is 1.42 bits per heavy atom. The number of thiophene rings is 1. The Labute approximate surface area is 122 Å². The van der Waals surface area contributed by atoms with Gasteiger partial charge < -0.3 is 9.88 Å². The molecule has 1 aliphatic rings. The van der Waals surface area contributed by atoms with Crippen molar-refractivity contribution in [3.8, 4) is 0 Å². The van der Waals surface area contributed by atoms with E-state index in [-0.39, 0.29) is 6.04 Å². The third-order valence-corrected chi connectivity index (χ3v) is 5.55. The molecule has 1 fully saturated rings. The Balaban J connectivity index is 1.82. The second-order valence-electron chi connectivity index (χ2n) is 4.90. The minimum atomic E-state index is 0.230. The normalized spacial score (nSPS) is 18.6. The summed E-state index contributed by atoms with van der Waals surface area (Å²) in [5.41, 5.74) is 0. The van der Waals surface area contributed by atoms with Gasteiger partial charge in [-0.15, -0.1) is 11.3 Å². The predicted molar refractivity (Wildman–Crippen MR) is 82.9 cm³/mol. The van der Waals surface area contributed by atoms with Crippen molar-refractivity contribution in [1.29, 1.82) is 0 Å². The van der Waals surface area contributed by atoms with Crippen molar-refractivity contribution in [2.75, 3.05) is 11.5 Å². The average molecular weight is 293 g/mol. The second kappa shape index (κ2) is 6.11. The minimum absolute atomic E-state index is 0.230. The van der Waals surface area contributed by atoms with E-state index in [1.54, 1.807) is 11.3 Å². The van der Waals surface area contributed by atoms with Crippen LogP contribution in [0.15, 0.2) is 29.9 Å². The predicted octanol–water partition coefficient (Wildman–Crippen LogP) is 3.06. The fourth-order valence-corrected chi connectivity index (χ4v) is 4.38. The van der Waals surface area contributed by atoms with Crippen molar-refractivity contribution in [3.05, 3.63) is 40.6 Å². The number of thioether (sulfide) groups is 1. The Hall–Kier alpha value is -0.780. The molecule has 3 nitrogen and oxygen atoms in total.